The Labute approximate surface area is 113 Å². The predicted octanol–water partition coefficient (Wildman–Crippen LogP) is 0.767. The molecule has 5 nitrogen and oxygen atoms in total. The fourth-order valence-electron chi connectivity index (χ4n) is 1.44. The van der Waals surface area contributed by atoms with Gasteiger partial charge < -0.3 is 16.0 Å². The molecule has 0 saturated heterocycles. The zero-order valence-corrected chi connectivity index (χ0v) is 11.1. The number of carbonyl (C=O) groups excluding carboxylic acids is 1. The van der Waals surface area contributed by atoms with E-state index in [9.17, 15) is 4.79 Å². The summed E-state index contributed by atoms with van der Waals surface area (Å²) in [6, 6.07) is 9.14. The number of benzene rings is 1. The first-order chi connectivity index (χ1) is 9.27. The molecule has 1 rings (SSSR count). The number of hydrogen-bond acceptors (Lipinski definition) is 2. The van der Waals surface area contributed by atoms with Gasteiger partial charge in [0.15, 0.2) is 5.96 Å². The van der Waals surface area contributed by atoms with Gasteiger partial charge in [-0.25, -0.2) is 0 Å². The third-order valence-electron chi connectivity index (χ3n) is 2.38. The Morgan fingerprint density at radius 3 is 2.53 bits per heavy atom. The van der Waals surface area contributed by atoms with Crippen LogP contribution < -0.4 is 16.0 Å². The Kier molecular flexibility index (Phi) is 6.79. The first-order valence-electron chi connectivity index (χ1n) is 6.16. The van der Waals surface area contributed by atoms with Gasteiger partial charge in [-0.05, 0) is 12.1 Å². The van der Waals surface area contributed by atoms with E-state index >= 15 is 0 Å². The molecule has 0 radical (unpaired) electrons. The average molecular weight is 260 g/mol. The first-order valence-corrected chi connectivity index (χ1v) is 6.16. The smallest absolute Gasteiger partial charge is 0.251 e. The molecule has 0 aliphatic heterocycles. The number of nitrogens with one attached hydrogen (secondary N) is 3. The SMILES string of the molecule is C=CCNC(=NC)NCCNC(=O)c1ccccc1. The number of hydrogen-bond donors (Lipinski definition) is 3. The molecular formula is C14H20N4O. The molecule has 0 bridgehead atoms. The van der Waals surface area contributed by atoms with Crippen molar-refractivity contribution in [3.8, 4) is 0 Å². The molecule has 0 atom stereocenters. The number of nitrogens with zero attached hydrogens (tertiary/aromatic N) is 1. The van der Waals surface area contributed by atoms with Crippen LogP contribution in [0.15, 0.2) is 48.0 Å². The summed E-state index contributed by atoms with van der Waals surface area (Å²) in [5.74, 6) is 0.616. The third kappa shape index (κ3) is 5.72. The van der Waals surface area contributed by atoms with Gasteiger partial charge in [0.25, 0.3) is 5.91 Å². The number of amides is 1. The Morgan fingerprint density at radius 2 is 1.89 bits per heavy atom. The van der Waals surface area contributed by atoms with E-state index in [1.807, 2.05) is 18.2 Å². The van der Waals surface area contributed by atoms with Crippen molar-refractivity contribution in [3.63, 3.8) is 0 Å². The first kappa shape index (κ1) is 14.8. The lowest BCUT2D eigenvalue weighted by Gasteiger charge is -2.11. The highest BCUT2D eigenvalue weighted by Crippen LogP contribution is 1.96. The topological polar surface area (TPSA) is 65.5 Å². The van der Waals surface area contributed by atoms with Gasteiger partial charge in [-0.1, -0.05) is 24.3 Å². The van der Waals surface area contributed by atoms with Crippen LogP contribution in [0, 0.1) is 0 Å². The molecule has 102 valence electrons. The monoisotopic (exact) mass is 260 g/mol. The van der Waals surface area contributed by atoms with Gasteiger partial charge in [-0.2, -0.15) is 0 Å². The number of aliphatic imine (C=N–C) groups is 1. The van der Waals surface area contributed by atoms with Gasteiger partial charge in [-0.3, -0.25) is 9.79 Å². The minimum Gasteiger partial charge on any atom is -0.355 e. The molecule has 0 spiro atoms. The molecule has 0 aliphatic rings. The minimum atomic E-state index is -0.0727. The van der Waals surface area contributed by atoms with Gasteiger partial charge in [0.05, 0.1) is 0 Å². The van der Waals surface area contributed by atoms with Crippen molar-refractivity contribution < 1.29 is 4.79 Å². The van der Waals surface area contributed by atoms with Crippen molar-refractivity contribution in [1.82, 2.24) is 16.0 Å². The average Bonchev–Trinajstić information content (AvgIpc) is 2.47. The highest BCUT2D eigenvalue weighted by atomic mass is 16.1. The summed E-state index contributed by atoms with van der Waals surface area (Å²) in [5, 5.41) is 8.96. The van der Waals surface area contributed by atoms with Crippen molar-refractivity contribution >= 4 is 11.9 Å². The summed E-state index contributed by atoms with van der Waals surface area (Å²) in [6.45, 7) is 5.40. The molecule has 0 aliphatic carbocycles. The van der Waals surface area contributed by atoms with Crippen LogP contribution in [0.4, 0.5) is 0 Å². The van der Waals surface area contributed by atoms with Gasteiger partial charge in [0.1, 0.15) is 0 Å². The Balaban J connectivity index is 2.23. The Morgan fingerprint density at radius 1 is 1.21 bits per heavy atom. The van der Waals surface area contributed by atoms with E-state index in [1.54, 1.807) is 25.3 Å². The van der Waals surface area contributed by atoms with E-state index in [0.29, 0.717) is 31.2 Å². The maximum atomic E-state index is 11.7. The highest BCUT2D eigenvalue weighted by Gasteiger charge is 2.02. The molecule has 0 unspecified atom stereocenters. The van der Waals surface area contributed by atoms with Crippen LogP contribution >= 0.6 is 0 Å². The number of carbonyl (C=O) groups is 1. The maximum Gasteiger partial charge on any atom is 0.251 e. The molecule has 5 heteroatoms. The number of rotatable bonds is 6. The van der Waals surface area contributed by atoms with Crippen LogP contribution in [0.1, 0.15) is 10.4 Å². The molecular weight excluding hydrogens is 240 g/mol. The fraction of sp³-hybridized carbons (Fsp3) is 0.286. The predicted molar refractivity (Wildman–Crippen MR) is 78.3 cm³/mol. The Hall–Kier alpha value is -2.30. The van der Waals surface area contributed by atoms with Crippen molar-refractivity contribution in [2.75, 3.05) is 26.7 Å². The zero-order valence-electron chi connectivity index (χ0n) is 11.1. The van der Waals surface area contributed by atoms with Gasteiger partial charge in [-0.15, -0.1) is 6.58 Å². The maximum absolute atomic E-state index is 11.7. The second kappa shape index (κ2) is 8.74. The normalized spacial score (nSPS) is 10.7. The second-order valence-corrected chi connectivity index (χ2v) is 3.79. The minimum absolute atomic E-state index is 0.0727. The second-order valence-electron chi connectivity index (χ2n) is 3.79. The molecule has 0 aromatic heterocycles. The van der Waals surface area contributed by atoms with Crippen LogP contribution in [0.3, 0.4) is 0 Å². The van der Waals surface area contributed by atoms with Crippen molar-refractivity contribution in [2.45, 2.75) is 0 Å². The summed E-state index contributed by atoms with van der Waals surface area (Å²) in [7, 11) is 1.70. The molecule has 1 amide bonds. The molecule has 1 aromatic rings. The number of guanidine groups is 1. The molecule has 0 fully saturated rings. The Bertz CT molecular complexity index is 428. The molecule has 0 saturated carbocycles. The van der Waals surface area contributed by atoms with Gasteiger partial charge in [0, 0.05) is 32.2 Å². The third-order valence-corrected chi connectivity index (χ3v) is 2.38. The van der Waals surface area contributed by atoms with E-state index in [-0.39, 0.29) is 5.91 Å². The largest absolute Gasteiger partial charge is 0.355 e. The summed E-state index contributed by atoms with van der Waals surface area (Å²) < 4.78 is 0. The molecule has 3 N–H and O–H groups in total. The van der Waals surface area contributed by atoms with Crippen molar-refractivity contribution in [1.29, 1.82) is 0 Å². The lowest BCUT2D eigenvalue weighted by atomic mass is 10.2. The standard InChI is InChI=1S/C14H20N4O/c1-3-9-17-14(15-2)18-11-10-16-13(19)12-7-5-4-6-8-12/h3-8H,1,9-11H2,2H3,(H,16,19)(H2,15,17,18). The van der Waals surface area contributed by atoms with E-state index in [2.05, 4.69) is 27.5 Å². The molecule has 1 aromatic carbocycles. The van der Waals surface area contributed by atoms with Crippen LogP contribution in [-0.4, -0.2) is 38.5 Å². The molecule has 19 heavy (non-hydrogen) atoms. The quantitative estimate of drug-likeness (QED) is 0.306. The van der Waals surface area contributed by atoms with Crippen LogP contribution in [0.25, 0.3) is 0 Å². The van der Waals surface area contributed by atoms with Crippen LogP contribution in [0.2, 0.25) is 0 Å². The molecule has 0 heterocycles. The van der Waals surface area contributed by atoms with Gasteiger partial charge >= 0.3 is 0 Å². The van der Waals surface area contributed by atoms with E-state index < -0.39 is 0 Å². The summed E-state index contributed by atoms with van der Waals surface area (Å²) in [5.41, 5.74) is 0.664. The highest BCUT2D eigenvalue weighted by molar-refractivity contribution is 5.94. The van der Waals surface area contributed by atoms with E-state index in [4.69, 9.17) is 0 Å². The summed E-state index contributed by atoms with van der Waals surface area (Å²) >= 11 is 0. The lowest BCUT2D eigenvalue weighted by molar-refractivity contribution is 0.0954. The van der Waals surface area contributed by atoms with Crippen LogP contribution in [-0.2, 0) is 0 Å². The van der Waals surface area contributed by atoms with Crippen molar-refractivity contribution in [2.24, 2.45) is 4.99 Å². The lowest BCUT2D eigenvalue weighted by Crippen LogP contribution is -2.41. The van der Waals surface area contributed by atoms with E-state index in [1.165, 1.54) is 0 Å². The fourth-order valence-corrected chi connectivity index (χ4v) is 1.44. The van der Waals surface area contributed by atoms with E-state index in [0.717, 1.165) is 0 Å². The summed E-state index contributed by atoms with van der Waals surface area (Å²) in [4.78, 5) is 15.8. The van der Waals surface area contributed by atoms with Crippen molar-refractivity contribution in [3.05, 3.63) is 48.6 Å². The van der Waals surface area contributed by atoms with Gasteiger partial charge in [0.2, 0.25) is 0 Å². The van der Waals surface area contributed by atoms with Crippen LogP contribution in [0.5, 0.6) is 0 Å². The summed E-state index contributed by atoms with van der Waals surface area (Å²) in [6.07, 6.45) is 1.75. The zero-order chi connectivity index (χ0) is 13.9.